The summed E-state index contributed by atoms with van der Waals surface area (Å²) < 4.78 is 6.41. The van der Waals surface area contributed by atoms with E-state index in [0.717, 1.165) is 53.6 Å². The van der Waals surface area contributed by atoms with Gasteiger partial charge < -0.3 is 15.0 Å². The zero-order valence-electron chi connectivity index (χ0n) is 14.5. The molecule has 1 aromatic carbocycles. The van der Waals surface area contributed by atoms with Crippen LogP contribution in [-0.4, -0.2) is 37.6 Å². The number of anilines is 1. The molecule has 3 rings (SSSR count). The number of carbonyl (C=O) groups excluding carboxylic acids is 1. The molecular formula is C18H25N3O2S. The molecule has 1 aromatic heterocycles. The third kappa shape index (κ3) is 3.80. The summed E-state index contributed by atoms with van der Waals surface area (Å²) in [5, 5.41) is 4.07. The normalized spacial score (nSPS) is 18.2. The number of rotatable bonds is 5. The van der Waals surface area contributed by atoms with Crippen LogP contribution >= 0.6 is 11.3 Å². The first-order chi connectivity index (χ1) is 11.6. The van der Waals surface area contributed by atoms with Gasteiger partial charge in [-0.25, -0.2) is 4.98 Å². The van der Waals surface area contributed by atoms with Crippen molar-refractivity contribution >= 4 is 32.6 Å². The SMILES string of the molecule is COc1ccc2nc(N3CCCC(C(=O)NCC(C)C)C3)sc2c1. The second-order valence-electron chi connectivity index (χ2n) is 6.75. The molecule has 0 saturated carbocycles. The van der Waals surface area contributed by atoms with E-state index in [1.54, 1.807) is 18.4 Å². The Balaban J connectivity index is 1.71. The van der Waals surface area contributed by atoms with Gasteiger partial charge in [-0.3, -0.25) is 4.79 Å². The molecule has 1 aliphatic heterocycles. The van der Waals surface area contributed by atoms with Crippen LogP contribution in [0.15, 0.2) is 18.2 Å². The minimum absolute atomic E-state index is 0.0547. The average molecular weight is 347 g/mol. The fourth-order valence-electron chi connectivity index (χ4n) is 2.97. The number of hydrogen-bond donors (Lipinski definition) is 1. The molecule has 1 N–H and O–H groups in total. The number of nitrogens with zero attached hydrogens (tertiary/aromatic N) is 2. The van der Waals surface area contributed by atoms with E-state index in [0.29, 0.717) is 5.92 Å². The van der Waals surface area contributed by atoms with Crippen LogP contribution < -0.4 is 15.0 Å². The molecule has 1 amide bonds. The minimum Gasteiger partial charge on any atom is -0.497 e. The van der Waals surface area contributed by atoms with E-state index in [9.17, 15) is 4.79 Å². The standard InChI is InChI=1S/C18H25N3O2S/c1-12(2)10-19-17(22)13-5-4-8-21(11-13)18-20-15-7-6-14(23-3)9-16(15)24-18/h6-7,9,12-13H,4-5,8,10-11H2,1-3H3,(H,19,22). The van der Waals surface area contributed by atoms with Gasteiger partial charge in [-0.05, 0) is 37.0 Å². The summed E-state index contributed by atoms with van der Waals surface area (Å²) in [6, 6.07) is 5.95. The third-order valence-corrected chi connectivity index (χ3v) is 5.41. The number of hydrogen-bond acceptors (Lipinski definition) is 5. The summed E-state index contributed by atoms with van der Waals surface area (Å²) in [4.78, 5) is 19.4. The average Bonchev–Trinajstić information content (AvgIpc) is 3.02. The highest BCUT2D eigenvalue weighted by Crippen LogP contribution is 2.33. The highest BCUT2D eigenvalue weighted by molar-refractivity contribution is 7.22. The van der Waals surface area contributed by atoms with Gasteiger partial charge in [0.1, 0.15) is 5.75 Å². The number of carbonyl (C=O) groups is 1. The number of nitrogens with one attached hydrogen (secondary N) is 1. The predicted octanol–water partition coefficient (Wildman–Crippen LogP) is 3.29. The molecular weight excluding hydrogens is 322 g/mol. The second kappa shape index (κ2) is 7.38. The summed E-state index contributed by atoms with van der Waals surface area (Å²) in [6.07, 6.45) is 1.98. The van der Waals surface area contributed by atoms with Crippen LogP contribution in [0.3, 0.4) is 0 Å². The first-order valence-electron chi connectivity index (χ1n) is 8.54. The number of piperidine rings is 1. The maximum absolute atomic E-state index is 12.4. The quantitative estimate of drug-likeness (QED) is 0.902. The zero-order valence-corrected chi connectivity index (χ0v) is 15.4. The lowest BCUT2D eigenvalue weighted by molar-refractivity contribution is -0.125. The molecule has 130 valence electrons. The smallest absolute Gasteiger partial charge is 0.224 e. The number of benzene rings is 1. The van der Waals surface area contributed by atoms with Gasteiger partial charge in [0, 0.05) is 19.6 Å². The topological polar surface area (TPSA) is 54.5 Å². The monoisotopic (exact) mass is 347 g/mol. The van der Waals surface area contributed by atoms with Crippen LogP contribution in [0.5, 0.6) is 5.75 Å². The van der Waals surface area contributed by atoms with Crippen molar-refractivity contribution < 1.29 is 9.53 Å². The summed E-state index contributed by atoms with van der Waals surface area (Å²) in [5.74, 6) is 1.56. The molecule has 0 spiro atoms. The summed E-state index contributed by atoms with van der Waals surface area (Å²) in [5.41, 5.74) is 0.988. The van der Waals surface area contributed by atoms with Gasteiger partial charge in [0.2, 0.25) is 5.91 Å². The van der Waals surface area contributed by atoms with Gasteiger partial charge in [-0.2, -0.15) is 0 Å². The lowest BCUT2D eigenvalue weighted by atomic mass is 9.97. The van der Waals surface area contributed by atoms with Crippen molar-refractivity contribution in [2.45, 2.75) is 26.7 Å². The van der Waals surface area contributed by atoms with Crippen molar-refractivity contribution in [3.05, 3.63) is 18.2 Å². The largest absolute Gasteiger partial charge is 0.497 e. The Morgan fingerprint density at radius 3 is 3.08 bits per heavy atom. The van der Waals surface area contributed by atoms with Gasteiger partial charge in [-0.15, -0.1) is 0 Å². The van der Waals surface area contributed by atoms with E-state index in [2.05, 4.69) is 24.1 Å². The first kappa shape index (κ1) is 17.0. The summed E-state index contributed by atoms with van der Waals surface area (Å²) in [7, 11) is 1.67. The molecule has 5 nitrogen and oxygen atoms in total. The predicted molar refractivity (Wildman–Crippen MR) is 99.0 cm³/mol. The Bertz CT molecular complexity index is 713. The summed E-state index contributed by atoms with van der Waals surface area (Å²) in [6.45, 7) is 6.69. The number of thiazole rings is 1. The van der Waals surface area contributed by atoms with Crippen molar-refractivity contribution in [3.8, 4) is 5.75 Å². The van der Waals surface area contributed by atoms with E-state index < -0.39 is 0 Å². The Morgan fingerprint density at radius 1 is 1.50 bits per heavy atom. The Hall–Kier alpha value is -1.82. The Morgan fingerprint density at radius 2 is 2.33 bits per heavy atom. The number of amides is 1. The van der Waals surface area contributed by atoms with Crippen LogP contribution in [0.2, 0.25) is 0 Å². The van der Waals surface area contributed by atoms with E-state index >= 15 is 0 Å². The lowest BCUT2D eigenvalue weighted by Crippen LogP contribution is -2.43. The maximum atomic E-state index is 12.4. The first-order valence-corrected chi connectivity index (χ1v) is 9.35. The van der Waals surface area contributed by atoms with Crippen LogP contribution in [-0.2, 0) is 4.79 Å². The molecule has 1 fully saturated rings. The molecule has 1 saturated heterocycles. The zero-order chi connectivity index (χ0) is 17.1. The fourth-order valence-corrected chi connectivity index (χ4v) is 4.00. The molecule has 1 unspecified atom stereocenters. The molecule has 1 aliphatic rings. The van der Waals surface area contributed by atoms with E-state index in [-0.39, 0.29) is 11.8 Å². The molecule has 24 heavy (non-hydrogen) atoms. The number of methoxy groups -OCH3 is 1. The van der Waals surface area contributed by atoms with Crippen LogP contribution in [0.4, 0.5) is 5.13 Å². The van der Waals surface area contributed by atoms with Crippen molar-refractivity contribution in [3.63, 3.8) is 0 Å². The molecule has 2 heterocycles. The Labute approximate surface area is 147 Å². The molecule has 0 bridgehead atoms. The number of fused-ring (bicyclic) bond motifs is 1. The molecule has 1 atom stereocenters. The lowest BCUT2D eigenvalue weighted by Gasteiger charge is -2.31. The molecule has 0 radical (unpaired) electrons. The van der Waals surface area contributed by atoms with Crippen LogP contribution in [0.1, 0.15) is 26.7 Å². The van der Waals surface area contributed by atoms with E-state index in [1.165, 1.54) is 0 Å². The van der Waals surface area contributed by atoms with E-state index in [4.69, 9.17) is 9.72 Å². The minimum atomic E-state index is 0.0547. The van der Waals surface area contributed by atoms with Gasteiger partial charge in [-0.1, -0.05) is 25.2 Å². The van der Waals surface area contributed by atoms with Gasteiger partial charge >= 0.3 is 0 Å². The van der Waals surface area contributed by atoms with Crippen LogP contribution in [0.25, 0.3) is 10.2 Å². The molecule has 2 aromatic rings. The number of ether oxygens (including phenoxy) is 1. The Kier molecular flexibility index (Phi) is 5.23. The van der Waals surface area contributed by atoms with Crippen molar-refractivity contribution in [1.82, 2.24) is 10.3 Å². The molecule has 0 aliphatic carbocycles. The van der Waals surface area contributed by atoms with Crippen molar-refractivity contribution in [1.29, 1.82) is 0 Å². The van der Waals surface area contributed by atoms with Gasteiger partial charge in [0.05, 0.1) is 23.2 Å². The van der Waals surface area contributed by atoms with E-state index in [1.807, 2.05) is 18.2 Å². The second-order valence-corrected chi connectivity index (χ2v) is 7.76. The van der Waals surface area contributed by atoms with Crippen molar-refractivity contribution in [2.24, 2.45) is 11.8 Å². The molecule has 6 heteroatoms. The fraction of sp³-hybridized carbons (Fsp3) is 0.556. The van der Waals surface area contributed by atoms with Gasteiger partial charge in [0.15, 0.2) is 5.13 Å². The highest BCUT2D eigenvalue weighted by Gasteiger charge is 2.27. The van der Waals surface area contributed by atoms with Gasteiger partial charge in [0.25, 0.3) is 0 Å². The van der Waals surface area contributed by atoms with Crippen LogP contribution in [0, 0.1) is 11.8 Å². The number of aromatic nitrogens is 1. The third-order valence-electron chi connectivity index (χ3n) is 4.33. The van der Waals surface area contributed by atoms with Crippen molar-refractivity contribution in [2.75, 3.05) is 31.6 Å². The highest BCUT2D eigenvalue weighted by atomic mass is 32.1. The maximum Gasteiger partial charge on any atom is 0.224 e. The summed E-state index contributed by atoms with van der Waals surface area (Å²) >= 11 is 1.67.